The fraction of sp³-hybridized carbons (Fsp3) is 0. The van der Waals surface area contributed by atoms with E-state index in [1.54, 1.807) is 0 Å². The minimum atomic E-state index is 0.713. The molecule has 3 nitrogen and oxygen atoms in total. The third-order valence-electron chi connectivity index (χ3n) is 9.34. The summed E-state index contributed by atoms with van der Waals surface area (Å²) < 4.78 is 0. The number of pyridine rings is 1. The van der Waals surface area contributed by atoms with E-state index in [1.165, 1.54) is 33.0 Å². The molecule has 3 heteroatoms. The van der Waals surface area contributed by atoms with Crippen LogP contribution in [-0.4, -0.2) is 15.0 Å². The first-order valence-electron chi connectivity index (χ1n) is 16.8. The summed E-state index contributed by atoms with van der Waals surface area (Å²) in [5, 5.41) is 3.57. The van der Waals surface area contributed by atoms with Gasteiger partial charge in [0.2, 0.25) is 0 Å². The van der Waals surface area contributed by atoms with Gasteiger partial charge in [-0.15, -0.1) is 0 Å². The summed E-state index contributed by atoms with van der Waals surface area (Å²) in [7, 11) is 0. The quantitative estimate of drug-likeness (QED) is 0.182. The number of aromatic nitrogens is 3. The molecule has 0 aliphatic heterocycles. The smallest absolute Gasteiger partial charge is 0.160 e. The number of hydrogen-bond acceptors (Lipinski definition) is 3. The predicted molar refractivity (Wildman–Crippen MR) is 207 cm³/mol. The number of para-hydroxylation sites is 1. The van der Waals surface area contributed by atoms with Crippen molar-refractivity contribution in [3.8, 4) is 67.3 Å². The zero-order valence-electron chi connectivity index (χ0n) is 27.2. The zero-order valence-corrected chi connectivity index (χ0v) is 27.2. The zero-order chi connectivity index (χ0) is 33.3. The van der Waals surface area contributed by atoms with Crippen molar-refractivity contribution in [2.45, 2.75) is 0 Å². The lowest BCUT2D eigenvalue weighted by Crippen LogP contribution is -1.95. The van der Waals surface area contributed by atoms with Gasteiger partial charge >= 0.3 is 0 Å². The van der Waals surface area contributed by atoms with Gasteiger partial charge in [-0.1, -0.05) is 158 Å². The van der Waals surface area contributed by atoms with Crippen LogP contribution in [0.1, 0.15) is 0 Å². The Morgan fingerprint density at radius 3 is 1.38 bits per heavy atom. The molecular formula is C47H31N3. The first-order valence-corrected chi connectivity index (χ1v) is 16.8. The maximum Gasteiger partial charge on any atom is 0.160 e. The van der Waals surface area contributed by atoms with Gasteiger partial charge in [-0.05, 0) is 62.9 Å². The van der Waals surface area contributed by atoms with Crippen molar-refractivity contribution < 1.29 is 0 Å². The molecule has 0 aliphatic carbocycles. The van der Waals surface area contributed by atoms with Crippen LogP contribution in [-0.2, 0) is 0 Å². The highest BCUT2D eigenvalue weighted by Crippen LogP contribution is 2.33. The largest absolute Gasteiger partial charge is 0.256 e. The summed E-state index contributed by atoms with van der Waals surface area (Å²) in [6.45, 7) is 0. The van der Waals surface area contributed by atoms with Crippen molar-refractivity contribution in [1.29, 1.82) is 0 Å². The van der Waals surface area contributed by atoms with E-state index in [-0.39, 0.29) is 0 Å². The van der Waals surface area contributed by atoms with Crippen LogP contribution in [0.2, 0.25) is 0 Å². The third kappa shape index (κ3) is 5.72. The van der Waals surface area contributed by atoms with Gasteiger partial charge in [-0.3, -0.25) is 4.98 Å². The number of rotatable bonds is 6. The van der Waals surface area contributed by atoms with E-state index in [2.05, 4.69) is 145 Å². The molecule has 2 aromatic heterocycles. The second kappa shape index (κ2) is 12.7. The highest BCUT2D eigenvalue weighted by Gasteiger charge is 2.12. The predicted octanol–water partition coefficient (Wildman–Crippen LogP) is 12.2. The standard InChI is InChI=1S/C47H31N3/c1-3-9-35(10-4-1)44-31-45(36-11-5-2-6-12-36)50-47(49-44)38-22-18-33(19-23-38)40-25-27-41-29-39(24-26-42(41)30-40)32-16-20-34(21-17-32)43-15-7-13-37-14-8-28-48-46(37)43/h1-31H. The Labute approximate surface area is 291 Å². The fourth-order valence-electron chi connectivity index (χ4n) is 6.69. The van der Waals surface area contributed by atoms with Gasteiger partial charge in [0.25, 0.3) is 0 Å². The third-order valence-corrected chi connectivity index (χ3v) is 9.34. The summed E-state index contributed by atoms with van der Waals surface area (Å²) in [6.07, 6.45) is 1.86. The minimum absolute atomic E-state index is 0.713. The van der Waals surface area contributed by atoms with Crippen molar-refractivity contribution in [2.75, 3.05) is 0 Å². The molecule has 2 heterocycles. The molecule has 50 heavy (non-hydrogen) atoms. The Bertz CT molecular complexity index is 2550. The van der Waals surface area contributed by atoms with Crippen LogP contribution in [0.4, 0.5) is 0 Å². The van der Waals surface area contributed by atoms with E-state index in [0.29, 0.717) is 5.82 Å². The Kier molecular flexibility index (Phi) is 7.49. The van der Waals surface area contributed by atoms with Gasteiger partial charge < -0.3 is 0 Å². The van der Waals surface area contributed by atoms with E-state index >= 15 is 0 Å². The molecular weight excluding hydrogens is 607 g/mol. The summed E-state index contributed by atoms with van der Waals surface area (Å²) in [5.41, 5.74) is 13.0. The normalized spacial score (nSPS) is 11.2. The second-order valence-electron chi connectivity index (χ2n) is 12.5. The minimum Gasteiger partial charge on any atom is -0.256 e. The van der Waals surface area contributed by atoms with Gasteiger partial charge in [-0.2, -0.15) is 0 Å². The van der Waals surface area contributed by atoms with Gasteiger partial charge in [-0.25, -0.2) is 9.97 Å². The molecule has 0 saturated carbocycles. The molecule has 234 valence electrons. The van der Waals surface area contributed by atoms with Crippen molar-refractivity contribution in [1.82, 2.24) is 15.0 Å². The first-order chi connectivity index (χ1) is 24.7. The summed E-state index contributed by atoms with van der Waals surface area (Å²) in [6, 6.07) is 63.9. The molecule has 7 aromatic carbocycles. The summed E-state index contributed by atoms with van der Waals surface area (Å²) in [4.78, 5) is 14.6. The molecule has 0 unspecified atom stereocenters. The van der Waals surface area contributed by atoms with Crippen molar-refractivity contribution in [2.24, 2.45) is 0 Å². The lowest BCUT2D eigenvalue weighted by molar-refractivity contribution is 1.18. The van der Waals surface area contributed by atoms with Crippen LogP contribution in [0, 0.1) is 0 Å². The Hall–Kier alpha value is -6.71. The Morgan fingerprint density at radius 2 is 0.800 bits per heavy atom. The molecule has 0 N–H and O–H groups in total. The van der Waals surface area contributed by atoms with E-state index in [9.17, 15) is 0 Å². The Morgan fingerprint density at radius 1 is 0.300 bits per heavy atom. The van der Waals surface area contributed by atoms with Crippen LogP contribution in [0.5, 0.6) is 0 Å². The molecule has 0 radical (unpaired) electrons. The lowest BCUT2D eigenvalue weighted by Gasteiger charge is -2.11. The molecule has 0 spiro atoms. The second-order valence-corrected chi connectivity index (χ2v) is 12.5. The number of fused-ring (bicyclic) bond motifs is 2. The van der Waals surface area contributed by atoms with Gasteiger partial charge in [0, 0.05) is 33.8 Å². The van der Waals surface area contributed by atoms with Crippen molar-refractivity contribution in [3.05, 3.63) is 188 Å². The maximum absolute atomic E-state index is 4.99. The molecule has 0 aliphatic rings. The topological polar surface area (TPSA) is 38.7 Å². The lowest BCUT2D eigenvalue weighted by atomic mass is 9.95. The molecule has 0 atom stereocenters. The van der Waals surface area contributed by atoms with Crippen molar-refractivity contribution >= 4 is 21.7 Å². The monoisotopic (exact) mass is 637 g/mol. The van der Waals surface area contributed by atoms with E-state index < -0.39 is 0 Å². The van der Waals surface area contributed by atoms with Crippen LogP contribution in [0.3, 0.4) is 0 Å². The molecule has 9 aromatic rings. The average Bonchev–Trinajstić information content (AvgIpc) is 3.21. The SMILES string of the molecule is c1ccc(-c2cc(-c3ccccc3)nc(-c3ccc(-c4ccc5cc(-c6ccc(-c7cccc8cccnc78)cc6)ccc5c4)cc3)n2)cc1. The van der Waals surface area contributed by atoms with E-state index in [1.807, 2.05) is 48.7 Å². The fourth-order valence-corrected chi connectivity index (χ4v) is 6.69. The molecule has 0 bridgehead atoms. The van der Waals surface area contributed by atoms with Crippen LogP contribution < -0.4 is 0 Å². The first kappa shape index (κ1) is 29.4. The Balaban J connectivity index is 0.990. The number of nitrogens with zero attached hydrogens (tertiary/aromatic N) is 3. The van der Waals surface area contributed by atoms with Crippen LogP contribution in [0.15, 0.2) is 188 Å². The van der Waals surface area contributed by atoms with E-state index in [0.717, 1.165) is 50.1 Å². The molecule has 9 rings (SSSR count). The summed E-state index contributed by atoms with van der Waals surface area (Å²) in [5.74, 6) is 0.713. The average molecular weight is 638 g/mol. The maximum atomic E-state index is 4.99. The van der Waals surface area contributed by atoms with Gasteiger partial charge in [0.15, 0.2) is 5.82 Å². The highest BCUT2D eigenvalue weighted by molar-refractivity contribution is 5.94. The van der Waals surface area contributed by atoms with Gasteiger partial charge in [0.05, 0.1) is 16.9 Å². The van der Waals surface area contributed by atoms with Crippen LogP contribution >= 0.6 is 0 Å². The molecule has 0 saturated heterocycles. The molecule has 0 amide bonds. The number of benzene rings is 7. The van der Waals surface area contributed by atoms with E-state index in [4.69, 9.17) is 9.97 Å². The van der Waals surface area contributed by atoms with Crippen LogP contribution in [0.25, 0.3) is 89.0 Å². The van der Waals surface area contributed by atoms with Crippen molar-refractivity contribution in [3.63, 3.8) is 0 Å². The van der Waals surface area contributed by atoms with Gasteiger partial charge in [0.1, 0.15) is 0 Å². The number of hydrogen-bond donors (Lipinski definition) is 0. The molecule has 0 fully saturated rings. The summed E-state index contributed by atoms with van der Waals surface area (Å²) >= 11 is 0. The highest BCUT2D eigenvalue weighted by atomic mass is 14.9.